The van der Waals surface area contributed by atoms with Gasteiger partial charge >= 0.3 is 0 Å². The Bertz CT molecular complexity index is 657. The van der Waals surface area contributed by atoms with Crippen molar-refractivity contribution in [2.45, 2.75) is 25.3 Å². The van der Waals surface area contributed by atoms with Crippen LogP contribution in [0.25, 0.3) is 0 Å². The van der Waals surface area contributed by atoms with Crippen LogP contribution in [-0.4, -0.2) is 16.2 Å². The van der Waals surface area contributed by atoms with Crippen molar-refractivity contribution in [1.29, 1.82) is 0 Å². The molecule has 0 saturated carbocycles. The number of anilines is 1. The number of aryl methyl sites for hydroxylation is 1. The third kappa shape index (κ3) is 3.52. The van der Waals surface area contributed by atoms with Gasteiger partial charge in [0.25, 0.3) is 5.69 Å². The lowest BCUT2D eigenvalue weighted by Crippen LogP contribution is -2.07. The number of nitrogens with one attached hydrogen (secondary N) is 1. The van der Waals surface area contributed by atoms with Crippen LogP contribution in [0.4, 0.5) is 11.4 Å². The summed E-state index contributed by atoms with van der Waals surface area (Å²) in [6.45, 7) is 3.91. The summed E-state index contributed by atoms with van der Waals surface area (Å²) in [5.74, 6) is 0. The minimum Gasteiger partial charge on any atom is -0.379 e. The SMILES string of the molecule is CSc1ccc(NCc2ncc(C)c([N+](=O)[O-])c2C)cc1. The minimum absolute atomic E-state index is 0.152. The molecular weight excluding hydrogens is 286 g/mol. The summed E-state index contributed by atoms with van der Waals surface area (Å²) in [5.41, 5.74) is 3.02. The maximum absolute atomic E-state index is 11.1. The normalized spacial score (nSPS) is 10.4. The molecule has 2 rings (SSSR count). The molecule has 1 aromatic carbocycles. The lowest BCUT2D eigenvalue weighted by Gasteiger charge is -2.10. The summed E-state index contributed by atoms with van der Waals surface area (Å²) in [6, 6.07) is 8.04. The number of hydrogen-bond acceptors (Lipinski definition) is 5. The van der Waals surface area contributed by atoms with E-state index in [1.807, 2.05) is 30.5 Å². The highest BCUT2D eigenvalue weighted by molar-refractivity contribution is 7.98. The minimum atomic E-state index is -0.344. The van der Waals surface area contributed by atoms with Crippen LogP contribution < -0.4 is 5.32 Å². The summed E-state index contributed by atoms with van der Waals surface area (Å²) >= 11 is 1.69. The predicted octanol–water partition coefficient (Wildman–Crippen LogP) is 3.94. The molecule has 0 atom stereocenters. The van der Waals surface area contributed by atoms with Gasteiger partial charge in [0.05, 0.1) is 22.7 Å². The van der Waals surface area contributed by atoms with Crippen molar-refractivity contribution in [2.75, 3.05) is 11.6 Å². The fourth-order valence-electron chi connectivity index (χ4n) is 2.12. The number of benzene rings is 1. The molecule has 110 valence electrons. The Morgan fingerprint density at radius 1 is 1.29 bits per heavy atom. The van der Waals surface area contributed by atoms with Gasteiger partial charge in [-0.1, -0.05) is 0 Å². The Morgan fingerprint density at radius 2 is 1.95 bits per heavy atom. The fraction of sp³-hybridized carbons (Fsp3) is 0.267. The molecule has 21 heavy (non-hydrogen) atoms. The van der Waals surface area contributed by atoms with Crippen molar-refractivity contribution in [2.24, 2.45) is 0 Å². The first-order valence-electron chi connectivity index (χ1n) is 6.50. The summed E-state index contributed by atoms with van der Waals surface area (Å²) in [5, 5.41) is 14.3. The lowest BCUT2D eigenvalue weighted by molar-refractivity contribution is -0.386. The molecule has 1 N–H and O–H groups in total. The summed E-state index contributed by atoms with van der Waals surface area (Å²) in [7, 11) is 0. The molecule has 0 bridgehead atoms. The zero-order valence-electron chi connectivity index (χ0n) is 12.2. The third-order valence-corrected chi connectivity index (χ3v) is 4.05. The molecule has 0 radical (unpaired) electrons. The van der Waals surface area contributed by atoms with E-state index < -0.39 is 0 Å². The second-order valence-corrected chi connectivity index (χ2v) is 5.58. The van der Waals surface area contributed by atoms with E-state index in [1.54, 1.807) is 31.8 Å². The number of aromatic nitrogens is 1. The van der Waals surface area contributed by atoms with E-state index in [2.05, 4.69) is 10.3 Å². The van der Waals surface area contributed by atoms with E-state index in [0.717, 1.165) is 5.69 Å². The first kappa shape index (κ1) is 15.3. The van der Waals surface area contributed by atoms with Gasteiger partial charge in [0.2, 0.25) is 0 Å². The van der Waals surface area contributed by atoms with Crippen molar-refractivity contribution in [3.8, 4) is 0 Å². The zero-order valence-corrected chi connectivity index (χ0v) is 13.0. The molecule has 1 heterocycles. The number of nitro groups is 1. The molecule has 0 spiro atoms. The van der Waals surface area contributed by atoms with Gasteiger partial charge in [-0.3, -0.25) is 15.1 Å². The first-order chi connectivity index (χ1) is 10.0. The Labute approximate surface area is 127 Å². The Kier molecular flexibility index (Phi) is 4.80. The highest BCUT2D eigenvalue weighted by atomic mass is 32.2. The van der Waals surface area contributed by atoms with Crippen LogP contribution >= 0.6 is 11.8 Å². The number of rotatable bonds is 5. The van der Waals surface area contributed by atoms with E-state index in [0.29, 0.717) is 23.4 Å². The van der Waals surface area contributed by atoms with Gasteiger partial charge in [-0.25, -0.2) is 0 Å². The monoisotopic (exact) mass is 303 g/mol. The zero-order chi connectivity index (χ0) is 15.4. The average molecular weight is 303 g/mol. The van der Waals surface area contributed by atoms with Crippen LogP contribution in [0, 0.1) is 24.0 Å². The van der Waals surface area contributed by atoms with Crippen LogP contribution in [0.1, 0.15) is 16.8 Å². The van der Waals surface area contributed by atoms with Crippen molar-refractivity contribution in [3.05, 3.63) is 57.4 Å². The highest BCUT2D eigenvalue weighted by Gasteiger charge is 2.18. The molecule has 0 amide bonds. The second kappa shape index (κ2) is 6.58. The predicted molar refractivity (Wildman–Crippen MR) is 85.9 cm³/mol. The van der Waals surface area contributed by atoms with E-state index in [4.69, 9.17) is 0 Å². The fourth-order valence-corrected chi connectivity index (χ4v) is 2.53. The van der Waals surface area contributed by atoms with Gasteiger partial charge in [0.1, 0.15) is 0 Å². The van der Waals surface area contributed by atoms with Crippen LogP contribution in [-0.2, 0) is 6.54 Å². The van der Waals surface area contributed by atoms with E-state index in [9.17, 15) is 10.1 Å². The first-order valence-corrected chi connectivity index (χ1v) is 7.72. The number of nitrogens with zero attached hydrogens (tertiary/aromatic N) is 2. The average Bonchev–Trinajstić information content (AvgIpc) is 2.46. The molecule has 0 aliphatic carbocycles. The standard InChI is InChI=1S/C15H17N3O2S/c1-10-8-17-14(11(2)15(10)18(19)20)9-16-12-4-6-13(21-3)7-5-12/h4-8,16H,9H2,1-3H3. The summed E-state index contributed by atoms with van der Waals surface area (Å²) < 4.78 is 0. The number of thioether (sulfide) groups is 1. The van der Waals surface area contributed by atoms with Gasteiger partial charge in [0.15, 0.2) is 0 Å². The Balaban J connectivity index is 2.16. The Morgan fingerprint density at radius 3 is 2.52 bits per heavy atom. The molecule has 5 nitrogen and oxygen atoms in total. The topological polar surface area (TPSA) is 68.1 Å². The molecule has 6 heteroatoms. The molecule has 0 fully saturated rings. The van der Waals surface area contributed by atoms with E-state index in [-0.39, 0.29) is 10.6 Å². The lowest BCUT2D eigenvalue weighted by atomic mass is 10.1. The van der Waals surface area contributed by atoms with Gasteiger partial charge in [0, 0.05) is 22.3 Å². The summed E-state index contributed by atoms with van der Waals surface area (Å²) in [6.07, 6.45) is 3.58. The molecule has 0 aliphatic rings. The Hall–Kier alpha value is -2.08. The second-order valence-electron chi connectivity index (χ2n) is 4.70. The van der Waals surface area contributed by atoms with Gasteiger partial charge in [-0.15, -0.1) is 11.8 Å². The largest absolute Gasteiger partial charge is 0.379 e. The molecule has 2 aromatic rings. The van der Waals surface area contributed by atoms with E-state index >= 15 is 0 Å². The molecule has 0 unspecified atom stereocenters. The van der Waals surface area contributed by atoms with Crippen LogP contribution in [0.15, 0.2) is 35.4 Å². The van der Waals surface area contributed by atoms with Crippen molar-refractivity contribution >= 4 is 23.1 Å². The molecule has 0 aliphatic heterocycles. The number of pyridine rings is 1. The highest BCUT2D eigenvalue weighted by Crippen LogP contribution is 2.25. The van der Waals surface area contributed by atoms with Crippen molar-refractivity contribution in [1.82, 2.24) is 4.98 Å². The number of hydrogen-bond donors (Lipinski definition) is 1. The van der Waals surface area contributed by atoms with Gasteiger partial charge in [-0.05, 0) is 44.4 Å². The van der Waals surface area contributed by atoms with Crippen LogP contribution in [0.2, 0.25) is 0 Å². The van der Waals surface area contributed by atoms with E-state index in [1.165, 1.54) is 4.90 Å². The molecule has 1 aromatic heterocycles. The van der Waals surface area contributed by atoms with Crippen molar-refractivity contribution < 1.29 is 4.92 Å². The maximum atomic E-state index is 11.1. The molecular formula is C15H17N3O2S. The third-order valence-electron chi connectivity index (χ3n) is 3.31. The molecule has 0 saturated heterocycles. The van der Waals surface area contributed by atoms with Crippen molar-refractivity contribution in [3.63, 3.8) is 0 Å². The van der Waals surface area contributed by atoms with Gasteiger partial charge in [-0.2, -0.15) is 0 Å². The smallest absolute Gasteiger partial charge is 0.278 e. The van der Waals surface area contributed by atoms with Gasteiger partial charge < -0.3 is 5.32 Å². The maximum Gasteiger partial charge on any atom is 0.278 e. The van der Waals surface area contributed by atoms with Crippen LogP contribution in [0.3, 0.4) is 0 Å². The quantitative estimate of drug-likeness (QED) is 0.515. The summed E-state index contributed by atoms with van der Waals surface area (Å²) in [4.78, 5) is 16.2. The van der Waals surface area contributed by atoms with Crippen LogP contribution in [0.5, 0.6) is 0 Å².